The standard InChI is InChI=1S/C13H19N5/c1-9(2)4-15-5-10(3-14)13-17-7-11-6-16-8-12(11)18-13/h3,5,7,9,14-16H,4,6,8H2,1-2H3/b10-5+,14-3?. The quantitative estimate of drug-likeness (QED) is 0.684. The van der Waals surface area contributed by atoms with Crippen molar-refractivity contribution in [2.24, 2.45) is 5.92 Å². The Balaban J connectivity index is 2.14. The van der Waals surface area contributed by atoms with E-state index < -0.39 is 0 Å². The Hall–Kier alpha value is -1.75. The summed E-state index contributed by atoms with van der Waals surface area (Å²) in [5.74, 6) is 1.18. The van der Waals surface area contributed by atoms with Gasteiger partial charge >= 0.3 is 0 Å². The maximum atomic E-state index is 7.45. The van der Waals surface area contributed by atoms with Gasteiger partial charge in [-0.3, -0.25) is 0 Å². The van der Waals surface area contributed by atoms with Crippen LogP contribution in [0.4, 0.5) is 0 Å². The fraction of sp³-hybridized carbons (Fsp3) is 0.462. The van der Waals surface area contributed by atoms with Crippen LogP contribution < -0.4 is 10.6 Å². The molecule has 18 heavy (non-hydrogen) atoms. The molecule has 0 atom stereocenters. The Morgan fingerprint density at radius 2 is 2.39 bits per heavy atom. The van der Waals surface area contributed by atoms with E-state index >= 15 is 0 Å². The molecule has 3 N–H and O–H groups in total. The van der Waals surface area contributed by atoms with Crippen LogP contribution in [0.15, 0.2) is 12.4 Å². The Bertz CT molecular complexity index is 464. The molecular weight excluding hydrogens is 226 g/mol. The normalized spacial score (nSPS) is 14.7. The Labute approximate surface area is 107 Å². The zero-order valence-corrected chi connectivity index (χ0v) is 10.8. The summed E-state index contributed by atoms with van der Waals surface area (Å²) in [4.78, 5) is 8.80. The lowest BCUT2D eigenvalue weighted by Crippen LogP contribution is -2.14. The topological polar surface area (TPSA) is 73.7 Å². The third kappa shape index (κ3) is 2.92. The van der Waals surface area contributed by atoms with Gasteiger partial charge in [-0.05, 0) is 5.92 Å². The molecule has 96 valence electrons. The maximum absolute atomic E-state index is 7.45. The molecule has 0 bridgehead atoms. The average molecular weight is 245 g/mol. The largest absolute Gasteiger partial charge is 0.390 e. The highest BCUT2D eigenvalue weighted by atomic mass is 15.0. The summed E-state index contributed by atoms with van der Waals surface area (Å²) in [6, 6.07) is 0. The maximum Gasteiger partial charge on any atom is 0.162 e. The summed E-state index contributed by atoms with van der Waals surface area (Å²) >= 11 is 0. The van der Waals surface area contributed by atoms with E-state index in [0.717, 1.165) is 30.9 Å². The van der Waals surface area contributed by atoms with Crippen molar-refractivity contribution in [3.05, 3.63) is 29.5 Å². The first kappa shape index (κ1) is 12.7. The number of rotatable bonds is 5. The van der Waals surface area contributed by atoms with Crippen molar-refractivity contribution in [3.8, 4) is 0 Å². The first-order valence-electron chi connectivity index (χ1n) is 6.20. The van der Waals surface area contributed by atoms with Crippen LogP contribution in [-0.2, 0) is 13.1 Å². The molecule has 0 unspecified atom stereocenters. The van der Waals surface area contributed by atoms with Gasteiger partial charge in [0.1, 0.15) is 0 Å². The van der Waals surface area contributed by atoms with E-state index in [9.17, 15) is 0 Å². The van der Waals surface area contributed by atoms with Gasteiger partial charge in [0, 0.05) is 43.8 Å². The molecule has 1 aliphatic rings. The number of nitrogens with zero attached hydrogens (tertiary/aromatic N) is 2. The van der Waals surface area contributed by atoms with Crippen molar-refractivity contribution in [1.82, 2.24) is 20.6 Å². The van der Waals surface area contributed by atoms with Crippen LogP contribution in [0.2, 0.25) is 0 Å². The van der Waals surface area contributed by atoms with Crippen LogP contribution in [0.5, 0.6) is 0 Å². The molecule has 5 heteroatoms. The third-order valence-electron chi connectivity index (χ3n) is 2.76. The van der Waals surface area contributed by atoms with E-state index in [1.807, 2.05) is 12.4 Å². The molecule has 5 nitrogen and oxygen atoms in total. The van der Waals surface area contributed by atoms with Crippen molar-refractivity contribution >= 4 is 11.8 Å². The molecule has 1 aromatic heterocycles. The molecule has 1 aromatic rings. The molecule has 0 spiro atoms. The summed E-state index contributed by atoms with van der Waals surface area (Å²) in [5.41, 5.74) is 2.90. The van der Waals surface area contributed by atoms with Crippen molar-refractivity contribution in [1.29, 1.82) is 5.41 Å². The minimum absolute atomic E-state index is 0.568. The van der Waals surface area contributed by atoms with Gasteiger partial charge in [-0.2, -0.15) is 0 Å². The summed E-state index contributed by atoms with van der Waals surface area (Å²) in [5, 5.41) is 13.9. The second-order valence-electron chi connectivity index (χ2n) is 4.82. The fourth-order valence-electron chi connectivity index (χ4n) is 1.77. The molecule has 0 amide bonds. The SMILES string of the molecule is CC(C)CN/C=C(\C=N)c1ncc2c(n1)CNC2. The lowest BCUT2D eigenvalue weighted by molar-refractivity contribution is 0.612. The fourth-order valence-corrected chi connectivity index (χ4v) is 1.77. The highest BCUT2D eigenvalue weighted by molar-refractivity contribution is 6.06. The van der Waals surface area contributed by atoms with Crippen LogP contribution in [0.25, 0.3) is 5.57 Å². The van der Waals surface area contributed by atoms with Gasteiger partial charge in [-0.1, -0.05) is 13.8 Å². The van der Waals surface area contributed by atoms with Gasteiger partial charge in [0.05, 0.1) is 11.3 Å². The minimum Gasteiger partial charge on any atom is -0.390 e. The lowest BCUT2D eigenvalue weighted by Gasteiger charge is -2.06. The zero-order valence-electron chi connectivity index (χ0n) is 10.8. The van der Waals surface area contributed by atoms with E-state index in [-0.39, 0.29) is 0 Å². The van der Waals surface area contributed by atoms with E-state index in [1.165, 1.54) is 6.21 Å². The number of hydrogen-bond donors (Lipinski definition) is 3. The van der Waals surface area contributed by atoms with Gasteiger partial charge in [-0.15, -0.1) is 0 Å². The Morgan fingerprint density at radius 3 is 3.11 bits per heavy atom. The molecule has 0 radical (unpaired) electrons. The molecule has 0 aromatic carbocycles. The number of fused-ring (bicyclic) bond motifs is 1. The molecule has 2 rings (SSSR count). The summed E-state index contributed by atoms with van der Waals surface area (Å²) in [7, 11) is 0. The Kier molecular flexibility index (Phi) is 4.04. The van der Waals surface area contributed by atoms with Gasteiger partial charge in [0.15, 0.2) is 5.82 Å². The molecule has 0 saturated heterocycles. The molecule has 2 heterocycles. The van der Waals surface area contributed by atoms with Crippen LogP contribution in [0, 0.1) is 11.3 Å². The van der Waals surface area contributed by atoms with Crippen molar-refractivity contribution < 1.29 is 0 Å². The van der Waals surface area contributed by atoms with Gasteiger partial charge in [-0.25, -0.2) is 9.97 Å². The average Bonchev–Trinajstić information content (AvgIpc) is 2.81. The first-order valence-corrected chi connectivity index (χ1v) is 6.20. The van der Waals surface area contributed by atoms with Crippen LogP contribution in [0.1, 0.15) is 30.9 Å². The van der Waals surface area contributed by atoms with Crippen molar-refractivity contribution in [2.45, 2.75) is 26.9 Å². The summed E-state index contributed by atoms with van der Waals surface area (Å²) < 4.78 is 0. The lowest BCUT2D eigenvalue weighted by atomic mass is 10.2. The van der Waals surface area contributed by atoms with Crippen LogP contribution >= 0.6 is 0 Å². The highest BCUT2D eigenvalue weighted by Crippen LogP contribution is 2.14. The molecular formula is C13H19N5. The van der Waals surface area contributed by atoms with Crippen LogP contribution in [-0.4, -0.2) is 22.7 Å². The van der Waals surface area contributed by atoms with Gasteiger partial charge in [0.2, 0.25) is 0 Å². The van der Waals surface area contributed by atoms with E-state index in [4.69, 9.17) is 5.41 Å². The van der Waals surface area contributed by atoms with Crippen molar-refractivity contribution in [3.63, 3.8) is 0 Å². The van der Waals surface area contributed by atoms with Gasteiger partial charge < -0.3 is 16.0 Å². The van der Waals surface area contributed by atoms with Gasteiger partial charge in [0.25, 0.3) is 0 Å². The zero-order chi connectivity index (χ0) is 13.0. The van der Waals surface area contributed by atoms with Crippen molar-refractivity contribution in [2.75, 3.05) is 6.54 Å². The van der Waals surface area contributed by atoms with E-state index in [1.54, 1.807) is 0 Å². The molecule has 0 aliphatic carbocycles. The number of nitrogens with one attached hydrogen (secondary N) is 3. The van der Waals surface area contributed by atoms with Crippen LogP contribution in [0.3, 0.4) is 0 Å². The molecule has 0 fully saturated rings. The smallest absolute Gasteiger partial charge is 0.162 e. The minimum atomic E-state index is 0.568. The highest BCUT2D eigenvalue weighted by Gasteiger charge is 2.13. The van der Waals surface area contributed by atoms with E-state index in [2.05, 4.69) is 34.4 Å². The van der Waals surface area contributed by atoms with E-state index in [0.29, 0.717) is 17.3 Å². The first-order chi connectivity index (χ1) is 8.70. The Morgan fingerprint density at radius 1 is 1.56 bits per heavy atom. The summed E-state index contributed by atoms with van der Waals surface area (Å²) in [6.07, 6.45) is 4.95. The second-order valence-corrected chi connectivity index (χ2v) is 4.82. The molecule has 0 saturated carbocycles. The predicted octanol–water partition coefficient (Wildman–Crippen LogP) is 1.32. The number of aromatic nitrogens is 2. The number of hydrogen-bond acceptors (Lipinski definition) is 5. The monoisotopic (exact) mass is 245 g/mol. The second kappa shape index (κ2) is 5.73. The predicted molar refractivity (Wildman–Crippen MR) is 72.2 cm³/mol. The summed E-state index contributed by atoms with van der Waals surface area (Å²) in [6.45, 7) is 6.79. The number of allylic oxidation sites excluding steroid dienone is 1. The third-order valence-corrected chi connectivity index (χ3v) is 2.76. The molecule has 1 aliphatic heterocycles.